The molecule has 1 rings (SSSR count). The van der Waals surface area contributed by atoms with E-state index in [1.165, 1.54) is 25.7 Å². The fraction of sp³-hybridized carbons (Fsp3) is 0.944. The topological polar surface area (TPSA) is 69.6 Å². The van der Waals surface area contributed by atoms with E-state index in [-0.39, 0.29) is 5.91 Å². The molecule has 0 radical (unpaired) electrons. The van der Waals surface area contributed by atoms with Gasteiger partial charge in [-0.1, -0.05) is 39.5 Å². The maximum Gasteiger partial charge on any atom is 0.228 e. The first kappa shape index (κ1) is 19.4. The SMILES string of the molecule is CC[C@@H]1CCCNC(=O)[C@H]([C@@H](C)O)[C@@H](O)CC[C@H](C)CCC1. The van der Waals surface area contributed by atoms with Crippen LogP contribution in [-0.2, 0) is 4.79 Å². The third-order valence-corrected chi connectivity index (χ3v) is 5.17. The Morgan fingerprint density at radius 3 is 2.50 bits per heavy atom. The average molecular weight is 313 g/mol. The van der Waals surface area contributed by atoms with Crippen LogP contribution in [0.5, 0.6) is 0 Å². The van der Waals surface area contributed by atoms with Crippen molar-refractivity contribution in [2.75, 3.05) is 6.54 Å². The van der Waals surface area contributed by atoms with Gasteiger partial charge >= 0.3 is 0 Å². The maximum absolute atomic E-state index is 12.2. The molecule has 4 heteroatoms. The molecule has 1 fully saturated rings. The Labute approximate surface area is 135 Å². The molecule has 0 spiro atoms. The third-order valence-electron chi connectivity index (χ3n) is 5.17. The Hall–Kier alpha value is -0.610. The highest BCUT2D eigenvalue weighted by atomic mass is 16.3. The van der Waals surface area contributed by atoms with Gasteiger partial charge in [0.05, 0.1) is 18.1 Å². The van der Waals surface area contributed by atoms with Crippen molar-refractivity contribution < 1.29 is 15.0 Å². The molecule has 0 aliphatic carbocycles. The molecule has 0 saturated carbocycles. The summed E-state index contributed by atoms with van der Waals surface area (Å²) < 4.78 is 0. The van der Waals surface area contributed by atoms with Crippen LogP contribution in [0.2, 0.25) is 0 Å². The normalized spacial score (nSPS) is 34.5. The molecule has 5 atom stereocenters. The molecular formula is C18H35NO3. The van der Waals surface area contributed by atoms with Crippen molar-refractivity contribution >= 4 is 5.91 Å². The van der Waals surface area contributed by atoms with Crippen LogP contribution in [0.4, 0.5) is 0 Å². The lowest BCUT2D eigenvalue weighted by molar-refractivity contribution is -0.133. The first-order chi connectivity index (χ1) is 10.5. The molecule has 1 saturated heterocycles. The van der Waals surface area contributed by atoms with E-state index in [9.17, 15) is 15.0 Å². The maximum atomic E-state index is 12.2. The van der Waals surface area contributed by atoms with Crippen molar-refractivity contribution in [3.8, 4) is 0 Å². The third kappa shape index (κ3) is 6.66. The van der Waals surface area contributed by atoms with Gasteiger partial charge in [0.2, 0.25) is 5.91 Å². The van der Waals surface area contributed by atoms with E-state index in [1.54, 1.807) is 6.92 Å². The number of rotatable bonds is 2. The van der Waals surface area contributed by atoms with Crippen LogP contribution in [0.15, 0.2) is 0 Å². The van der Waals surface area contributed by atoms with E-state index in [0.717, 1.165) is 25.2 Å². The lowest BCUT2D eigenvalue weighted by Gasteiger charge is -2.26. The molecule has 4 nitrogen and oxygen atoms in total. The van der Waals surface area contributed by atoms with Crippen molar-refractivity contribution in [2.24, 2.45) is 17.8 Å². The molecule has 1 heterocycles. The summed E-state index contributed by atoms with van der Waals surface area (Å²) in [7, 11) is 0. The quantitative estimate of drug-likeness (QED) is 0.734. The van der Waals surface area contributed by atoms with Gasteiger partial charge in [0.15, 0.2) is 0 Å². The predicted molar refractivity (Wildman–Crippen MR) is 89.5 cm³/mol. The predicted octanol–water partition coefficient (Wildman–Crippen LogP) is 2.87. The number of carbonyl (C=O) groups is 1. The van der Waals surface area contributed by atoms with Gasteiger partial charge in [0.1, 0.15) is 0 Å². The van der Waals surface area contributed by atoms with Gasteiger partial charge in [-0.05, 0) is 44.4 Å². The van der Waals surface area contributed by atoms with Crippen LogP contribution < -0.4 is 5.32 Å². The highest BCUT2D eigenvalue weighted by Crippen LogP contribution is 2.24. The average Bonchev–Trinajstić information content (AvgIpc) is 2.46. The molecule has 1 aliphatic rings. The summed E-state index contributed by atoms with van der Waals surface area (Å²) in [6, 6.07) is 0. The van der Waals surface area contributed by atoms with Gasteiger partial charge in [-0.15, -0.1) is 0 Å². The zero-order valence-corrected chi connectivity index (χ0v) is 14.6. The second-order valence-corrected chi connectivity index (χ2v) is 7.15. The lowest BCUT2D eigenvalue weighted by Crippen LogP contribution is -2.44. The molecule has 0 aromatic rings. The van der Waals surface area contributed by atoms with Gasteiger partial charge in [0, 0.05) is 6.54 Å². The highest BCUT2D eigenvalue weighted by Gasteiger charge is 2.31. The zero-order valence-electron chi connectivity index (χ0n) is 14.6. The molecule has 3 N–H and O–H groups in total. The smallest absolute Gasteiger partial charge is 0.228 e. The fourth-order valence-corrected chi connectivity index (χ4v) is 3.52. The largest absolute Gasteiger partial charge is 0.392 e. The summed E-state index contributed by atoms with van der Waals surface area (Å²) in [5.41, 5.74) is 0. The molecule has 0 unspecified atom stereocenters. The van der Waals surface area contributed by atoms with Gasteiger partial charge in [-0.25, -0.2) is 0 Å². The number of hydrogen-bond donors (Lipinski definition) is 3. The Bertz CT molecular complexity index is 319. The van der Waals surface area contributed by atoms with Crippen molar-refractivity contribution in [1.82, 2.24) is 5.32 Å². The number of carbonyl (C=O) groups excluding carboxylic acids is 1. The Morgan fingerprint density at radius 1 is 1.18 bits per heavy atom. The monoisotopic (exact) mass is 313 g/mol. The first-order valence-corrected chi connectivity index (χ1v) is 9.09. The van der Waals surface area contributed by atoms with E-state index in [1.807, 2.05) is 0 Å². The molecule has 1 aliphatic heterocycles. The molecule has 0 bridgehead atoms. The molecular weight excluding hydrogens is 278 g/mol. The summed E-state index contributed by atoms with van der Waals surface area (Å²) in [6.45, 7) is 6.70. The van der Waals surface area contributed by atoms with Crippen LogP contribution in [0, 0.1) is 17.8 Å². The molecule has 1 amide bonds. The minimum atomic E-state index is -0.818. The minimum absolute atomic E-state index is 0.208. The molecule has 0 aromatic carbocycles. The van der Waals surface area contributed by atoms with Crippen molar-refractivity contribution in [2.45, 2.75) is 84.3 Å². The summed E-state index contributed by atoms with van der Waals surface area (Å²) in [6.07, 6.45) is 6.96. The molecule has 0 aromatic heterocycles. The summed E-state index contributed by atoms with van der Waals surface area (Å²) >= 11 is 0. The summed E-state index contributed by atoms with van der Waals surface area (Å²) in [5, 5.41) is 23.0. The van der Waals surface area contributed by atoms with Gasteiger partial charge in [-0.2, -0.15) is 0 Å². The van der Waals surface area contributed by atoms with Crippen LogP contribution in [-0.4, -0.2) is 34.9 Å². The fourth-order valence-electron chi connectivity index (χ4n) is 3.52. The summed E-state index contributed by atoms with van der Waals surface area (Å²) in [4.78, 5) is 12.2. The van der Waals surface area contributed by atoms with Gasteiger partial charge in [-0.3, -0.25) is 4.79 Å². The van der Waals surface area contributed by atoms with Crippen molar-refractivity contribution in [3.63, 3.8) is 0 Å². The first-order valence-electron chi connectivity index (χ1n) is 9.09. The van der Waals surface area contributed by atoms with Gasteiger partial charge in [0.25, 0.3) is 0 Å². The molecule has 22 heavy (non-hydrogen) atoms. The Morgan fingerprint density at radius 2 is 1.86 bits per heavy atom. The van der Waals surface area contributed by atoms with Crippen LogP contribution in [0.1, 0.15) is 72.1 Å². The van der Waals surface area contributed by atoms with E-state index in [4.69, 9.17) is 0 Å². The summed E-state index contributed by atoms with van der Waals surface area (Å²) in [5.74, 6) is 0.398. The minimum Gasteiger partial charge on any atom is -0.392 e. The van der Waals surface area contributed by atoms with Gasteiger partial charge < -0.3 is 15.5 Å². The van der Waals surface area contributed by atoms with E-state index in [2.05, 4.69) is 19.2 Å². The number of aliphatic hydroxyl groups is 2. The van der Waals surface area contributed by atoms with E-state index < -0.39 is 18.1 Å². The second-order valence-electron chi connectivity index (χ2n) is 7.15. The van der Waals surface area contributed by atoms with Crippen LogP contribution >= 0.6 is 0 Å². The number of amides is 1. The Balaban J connectivity index is 2.67. The zero-order chi connectivity index (χ0) is 16.5. The lowest BCUT2D eigenvalue weighted by atomic mass is 9.87. The van der Waals surface area contributed by atoms with E-state index in [0.29, 0.717) is 18.9 Å². The number of hydrogen-bond acceptors (Lipinski definition) is 3. The van der Waals surface area contributed by atoms with Crippen molar-refractivity contribution in [3.05, 3.63) is 0 Å². The van der Waals surface area contributed by atoms with E-state index >= 15 is 0 Å². The number of aliphatic hydroxyl groups excluding tert-OH is 2. The van der Waals surface area contributed by atoms with Crippen LogP contribution in [0.3, 0.4) is 0 Å². The highest BCUT2D eigenvalue weighted by molar-refractivity contribution is 5.79. The Kier molecular flexibility index (Phi) is 9.03. The number of nitrogens with one attached hydrogen (secondary N) is 1. The molecule has 130 valence electrons. The standard InChI is InChI=1S/C18H35NO3/c1-4-15-8-5-7-13(2)10-11-16(21)17(14(3)20)18(22)19-12-6-9-15/h13-17,20-21H,4-12H2,1-3H3,(H,19,22)/t13-,14-,15+,16+,17-/m1/s1. The van der Waals surface area contributed by atoms with Crippen molar-refractivity contribution in [1.29, 1.82) is 0 Å². The second kappa shape index (κ2) is 10.2. The van der Waals surface area contributed by atoms with Crippen LogP contribution in [0.25, 0.3) is 0 Å².